The topological polar surface area (TPSA) is 49.8 Å². The number of rotatable bonds is 4. The molecule has 0 aliphatic carbocycles. The Morgan fingerprint density at radius 2 is 2.20 bits per heavy atom. The molecule has 1 atom stereocenters. The summed E-state index contributed by atoms with van der Waals surface area (Å²) < 4.78 is 6.38. The minimum atomic E-state index is -0.876. The van der Waals surface area contributed by atoms with E-state index in [2.05, 4.69) is 15.9 Å². The van der Waals surface area contributed by atoms with Crippen molar-refractivity contribution in [1.29, 1.82) is 0 Å². The second kappa shape index (κ2) is 6.14. The maximum Gasteiger partial charge on any atom is 0.260 e. The minimum absolute atomic E-state index is 0.00477. The van der Waals surface area contributed by atoms with Gasteiger partial charge in [-0.1, -0.05) is 12.1 Å². The van der Waals surface area contributed by atoms with Gasteiger partial charge in [0.25, 0.3) is 5.91 Å². The maximum absolute atomic E-state index is 12.3. The molecule has 20 heavy (non-hydrogen) atoms. The first-order valence-electron chi connectivity index (χ1n) is 6.79. The summed E-state index contributed by atoms with van der Waals surface area (Å²) in [6, 6.07) is 7.31. The van der Waals surface area contributed by atoms with Crippen molar-refractivity contribution in [2.75, 3.05) is 13.2 Å². The Morgan fingerprint density at radius 3 is 2.85 bits per heavy atom. The van der Waals surface area contributed by atoms with Crippen molar-refractivity contribution in [2.24, 2.45) is 0 Å². The predicted octanol–water partition coefficient (Wildman–Crippen LogP) is 2.59. The van der Waals surface area contributed by atoms with E-state index in [1.54, 1.807) is 18.7 Å². The van der Waals surface area contributed by atoms with Crippen molar-refractivity contribution in [3.8, 4) is 5.75 Å². The molecular formula is C15H20BrNO3. The lowest BCUT2D eigenvalue weighted by molar-refractivity contribution is -0.138. The zero-order chi connectivity index (χ0) is 14.8. The highest BCUT2D eigenvalue weighted by molar-refractivity contribution is 9.10. The third-order valence-corrected chi connectivity index (χ3v) is 4.23. The largest absolute Gasteiger partial charge is 0.483 e. The summed E-state index contributed by atoms with van der Waals surface area (Å²) in [5, 5.41) is 10.1. The van der Waals surface area contributed by atoms with Crippen LogP contribution in [0.3, 0.4) is 0 Å². The second-order valence-corrected chi connectivity index (χ2v) is 6.47. The van der Waals surface area contributed by atoms with Gasteiger partial charge in [0.15, 0.2) is 6.61 Å². The summed E-state index contributed by atoms with van der Waals surface area (Å²) in [6.07, 6.45) is 1.76. The summed E-state index contributed by atoms with van der Waals surface area (Å²) in [5.41, 5.74) is -0.876. The lowest BCUT2D eigenvalue weighted by Gasteiger charge is -2.33. The normalized spacial score (nSPS) is 19.2. The van der Waals surface area contributed by atoms with Crippen LogP contribution in [-0.4, -0.2) is 40.7 Å². The number of amides is 1. The number of carbonyl (C=O) groups is 1. The first-order valence-corrected chi connectivity index (χ1v) is 7.58. The number of likely N-dealkylation sites (tertiary alicyclic amines) is 1. The van der Waals surface area contributed by atoms with E-state index in [9.17, 15) is 9.90 Å². The van der Waals surface area contributed by atoms with E-state index >= 15 is 0 Å². The molecule has 4 nitrogen and oxygen atoms in total. The highest BCUT2D eigenvalue weighted by atomic mass is 79.9. The molecule has 0 saturated carbocycles. The zero-order valence-corrected chi connectivity index (χ0v) is 13.4. The average molecular weight is 342 g/mol. The van der Waals surface area contributed by atoms with Gasteiger partial charge in [0.2, 0.25) is 0 Å². The molecule has 1 aromatic rings. The number of benzene rings is 1. The Hall–Kier alpha value is -1.07. The number of halogens is 1. The second-order valence-electron chi connectivity index (χ2n) is 5.62. The minimum Gasteiger partial charge on any atom is -0.483 e. The summed E-state index contributed by atoms with van der Waals surface area (Å²) in [5.74, 6) is 0.574. The monoisotopic (exact) mass is 341 g/mol. The third-order valence-electron chi connectivity index (χ3n) is 3.58. The number of aliphatic hydroxyl groups is 1. The molecule has 1 fully saturated rings. The molecule has 2 rings (SSSR count). The van der Waals surface area contributed by atoms with Gasteiger partial charge >= 0.3 is 0 Å². The molecule has 1 amide bonds. The van der Waals surface area contributed by atoms with Crippen LogP contribution in [0.4, 0.5) is 0 Å². The maximum atomic E-state index is 12.3. The van der Waals surface area contributed by atoms with Gasteiger partial charge in [-0.25, -0.2) is 0 Å². The Balaban J connectivity index is 1.97. The standard InChI is InChI=1S/C15H20BrNO3/c1-15(2,19)13-8-5-9-17(13)14(18)10-20-12-7-4-3-6-11(12)16/h3-4,6-7,13,19H,5,8-10H2,1-2H3. The van der Waals surface area contributed by atoms with E-state index < -0.39 is 5.60 Å². The molecule has 1 aliphatic rings. The van der Waals surface area contributed by atoms with E-state index in [1.165, 1.54) is 0 Å². The Bertz CT molecular complexity index is 484. The molecule has 1 aliphatic heterocycles. The van der Waals surface area contributed by atoms with Gasteiger partial charge in [-0.05, 0) is 54.8 Å². The molecule has 0 aromatic heterocycles. The van der Waals surface area contributed by atoms with Crippen LogP contribution in [-0.2, 0) is 4.79 Å². The smallest absolute Gasteiger partial charge is 0.260 e. The Labute approximate surface area is 127 Å². The van der Waals surface area contributed by atoms with Crippen molar-refractivity contribution in [3.63, 3.8) is 0 Å². The summed E-state index contributed by atoms with van der Waals surface area (Å²) in [7, 11) is 0. The van der Waals surface area contributed by atoms with E-state index in [-0.39, 0.29) is 18.6 Å². The highest BCUT2D eigenvalue weighted by Gasteiger charge is 2.38. The molecule has 1 N–H and O–H groups in total. The molecule has 1 unspecified atom stereocenters. The van der Waals surface area contributed by atoms with Crippen molar-refractivity contribution >= 4 is 21.8 Å². The van der Waals surface area contributed by atoms with Gasteiger partial charge in [0.1, 0.15) is 5.75 Å². The third kappa shape index (κ3) is 3.52. The van der Waals surface area contributed by atoms with Crippen molar-refractivity contribution in [1.82, 2.24) is 4.90 Å². The number of para-hydroxylation sites is 1. The van der Waals surface area contributed by atoms with Crippen molar-refractivity contribution in [3.05, 3.63) is 28.7 Å². The quantitative estimate of drug-likeness (QED) is 0.915. The molecule has 1 saturated heterocycles. The first-order chi connectivity index (χ1) is 9.39. The van der Waals surface area contributed by atoms with Crippen LogP contribution >= 0.6 is 15.9 Å². The summed E-state index contributed by atoms with van der Waals surface area (Å²) >= 11 is 3.38. The van der Waals surface area contributed by atoms with Crippen LogP contribution in [0.1, 0.15) is 26.7 Å². The molecule has 1 heterocycles. The van der Waals surface area contributed by atoms with Crippen LogP contribution in [0.2, 0.25) is 0 Å². The fourth-order valence-corrected chi connectivity index (χ4v) is 2.98. The van der Waals surface area contributed by atoms with Gasteiger partial charge < -0.3 is 14.7 Å². The summed E-state index contributed by atoms with van der Waals surface area (Å²) in [4.78, 5) is 14.0. The van der Waals surface area contributed by atoms with Gasteiger partial charge in [0, 0.05) is 6.54 Å². The number of carbonyl (C=O) groups excluding carboxylic acids is 1. The Kier molecular flexibility index (Phi) is 4.70. The zero-order valence-electron chi connectivity index (χ0n) is 11.8. The van der Waals surface area contributed by atoms with Crippen LogP contribution in [0, 0.1) is 0 Å². The fraction of sp³-hybridized carbons (Fsp3) is 0.533. The number of ether oxygens (including phenoxy) is 1. The molecule has 1 aromatic carbocycles. The SMILES string of the molecule is CC(C)(O)C1CCCN1C(=O)COc1ccccc1Br. The number of nitrogens with zero attached hydrogens (tertiary/aromatic N) is 1. The fourth-order valence-electron chi connectivity index (χ4n) is 2.58. The predicted molar refractivity (Wildman–Crippen MR) is 80.7 cm³/mol. The molecule has 0 radical (unpaired) electrons. The van der Waals surface area contributed by atoms with Gasteiger partial charge in [-0.3, -0.25) is 4.79 Å². The van der Waals surface area contributed by atoms with Crippen LogP contribution in [0.15, 0.2) is 28.7 Å². The average Bonchev–Trinajstić information content (AvgIpc) is 2.86. The highest BCUT2D eigenvalue weighted by Crippen LogP contribution is 2.27. The van der Waals surface area contributed by atoms with Gasteiger partial charge in [-0.15, -0.1) is 0 Å². The van der Waals surface area contributed by atoms with Crippen molar-refractivity contribution in [2.45, 2.75) is 38.3 Å². The van der Waals surface area contributed by atoms with E-state index in [0.717, 1.165) is 17.3 Å². The lowest BCUT2D eigenvalue weighted by Crippen LogP contribution is -2.49. The van der Waals surface area contributed by atoms with E-state index in [0.29, 0.717) is 12.3 Å². The van der Waals surface area contributed by atoms with Crippen LogP contribution in [0.5, 0.6) is 5.75 Å². The Morgan fingerprint density at radius 1 is 1.50 bits per heavy atom. The molecule has 5 heteroatoms. The molecular weight excluding hydrogens is 322 g/mol. The van der Waals surface area contributed by atoms with Crippen molar-refractivity contribution < 1.29 is 14.6 Å². The lowest BCUT2D eigenvalue weighted by atomic mass is 9.97. The van der Waals surface area contributed by atoms with Crippen LogP contribution < -0.4 is 4.74 Å². The summed E-state index contributed by atoms with van der Waals surface area (Å²) in [6.45, 7) is 4.18. The van der Waals surface area contributed by atoms with E-state index in [1.807, 2.05) is 24.3 Å². The molecule has 0 bridgehead atoms. The number of hydrogen-bond donors (Lipinski definition) is 1. The van der Waals surface area contributed by atoms with Gasteiger partial charge in [0.05, 0.1) is 16.1 Å². The number of hydrogen-bond acceptors (Lipinski definition) is 3. The molecule has 0 spiro atoms. The van der Waals surface area contributed by atoms with Crippen LogP contribution in [0.25, 0.3) is 0 Å². The molecule has 110 valence electrons. The first kappa shape index (κ1) is 15.3. The van der Waals surface area contributed by atoms with E-state index in [4.69, 9.17) is 4.74 Å². The van der Waals surface area contributed by atoms with Gasteiger partial charge in [-0.2, -0.15) is 0 Å².